The van der Waals surface area contributed by atoms with Crippen LogP contribution in [0.5, 0.6) is 0 Å². The lowest BCUT2D eigenvalue weighted by Gasteiger charge is -2.49. The van der Waals surface area contributed by atoms with Crippen molar-refractivity contribution in [1.82, 2.24) is 15.1 Å². The standard InChI is InChI=1S/C17H23N3O/c1-2-18-17(14-12-19-7-9-20(14)10-8-19)16-11-13-5-3-4-6-15(13)21-16/h3-6,11,14,17-18H,2,7-10,12H2,1H3. The molecule has 2 atom stereocenters. The summed E-state index contributed by atoms with van der Waals surface area (Å²) >= 11 is 0. The smallest absolute Gasteiger partial charge is 0.134 e. The molecular formula is C17H23N3O. The van der Waals surface area contributed by atoms with Crippen LogP contribution in [0.1, 0.15) is 18.7 Å². The Morgan fingerprint density at radius 1 is 1.24 bits per heavy atom. The summed E-state index contributed by atoms with van der Waals surface area (Å²) in [6, 6.07) is 11.3. The molecule has 21 heavy (non-hydrogen) atoms. The molecule has 1 aromatic carbocycles. The molecule has 4 heteroatoms. The van der Waals surface area contributed by atoms with E-state index in [1.165, 1.54) is 31.6 Å². The molecule has 3 fully saturated rings. The van der Waals surface area contributed by atoms with Gasteiger partial charge in [0.05, 0.1) is 6.04 Å². The third kappa shape index (κ3) is 2.37. The predicted octanol–water partition coefficient (Wildman–Crippen LogP) is 2.08. The van der Waals surface area contributed by atoms with E-state index in [4.69, 9.17) is 4.42 Å². The highest BCUT2D eigenvalue weighted by Crippen LogP contribution is 2.31. The van der Waals surface area contributed by atoms with Gasteiger partial charge in [-0.3, -0.25) is 9.80 Å². The van der Waals surface area contributed by atoms with Crippen molar-refractivity contribution in [2.75, 3.05) is 39.3 Å². The normalized spacial score (nSPS) is 29.9. The summed E-state index contributed by atoms with van der Waals surface area (Å²) in [6.07, 6.45) is 0. The fourth-order valence-electron chi connectivity index (χ4n) is 3.78. The molecule has 0 amide bonds. The molecule has 1 aromatic heterocycles. The van der Waals surface area contributed by atoms with Crippen LogP contribution in [-0.2, 0) is 0 Å². The number of nitrogens with zero attached hydrogens (tertiary/aromatic N) is 2. The molecule has 2 unspecified atom stereocenters. The van der Waals surface area contributed by atoms with E-state index in [0.717, 1.165) is 24.4 Å². The maximum absolute atomic E-state index is 6.14. The van der Waals surface area contributed by atoms with Gasteiger partial charge >= 0.3 is 0 Å². The predicted molar refractivity (Wildman–Crippen MR) is 84.4 cm³/mol. The second kappa shape index (κ2) is 5.44. The summed E-state index contributed by atoms with van der Waals surface area (Å²) in [4.78, 5) is 5.21. The number of likely N-dealkylation sites (N-methyl/N-ethyl adjacent to an activating group) is 1. The van der Waals surface area contributed by atoms with Gasteiger partial charge in [0.1, 0.15) is 11.3 Å². The fraction of sp³-hybridized carbons (Fsp3) is 0.529. The van der Waals surface area contributed by atoms with Gasteiger partial charge < -0.3 is 9.73 Å². The first-order valence-corrected chi connectivity index (χ1v) is 8.03. The zero-order valence-corrected chi connectivity index (χ0v) is 12.6. The van der Waals surface area contributed by atoms with Crippen molar-refractivity contribution in [2.24, 2.45) is 0 Å². The summed E-state index contributed by atoms with van der Waals surface area (Å²) in [5.74, 6) is 1.08. The number of rotatable bonds is 4. The minimum atomic E-state index is 0.283. The fourth-order valence-corrected chi connectivity index (χ4v) is 3.78. The summed E-state index contributed by atoms with van der Waals surface area (Å²) in [6.45, 7) is 9.09. The summed E-state index contributed by atoms with van der Waals surface area (Å²) in [5.41, 5.74) is 0.992. The average molecular weight is 285 g/mol. The SMILES string of the molecule is CCNC(c1cc2ccccc2o1)C1CN2CCN1CC2. The lowest BCUT2D eigenvalue weighted by molar-refractivity contribution is -0.00639. The van der Waals surface area contributed by atoms with Crippen LogP contribution in [0, 0.1) is 0 Å². The Morgan fingerprint density at radius 2 is 2.05 bits per heavy atom. The van der Waals surface area contributed by atoms with E-state index in [1.54, 1.807) is 0 Å². The highest BCUT2D eigenvalue weighted by Gasteiger charge is 2.38. The Morgan fingerprint density at radius 3 is 2.71 bits per heavy atom. The van der Waals surface area contributed by atoms with Gasteiger partial charge in [0.25, 0.3) is 0 Å². The molecule has 4 nitrogen and oxygen atoms in total. The second-order valence-corrected chi connectivity index (χ2v) is 6.13. The van der Waals surface area contributed by atoms with Crippen LogP contribution in [0.15, 0.2) is 34.7 Å². The van der Waals surface area contributed by atoms with Crippen molar-refractivity contribution in [2.45, 2.75) is 19.0 Å². The Hall–Kier alpha value is -1.36. The monoisotopic (exact) mass is 285 g/mol. The molecule has 0 aliphatic carbocycles. The molecule has 3 saturated heterocycles. The lowest BCUT2D eigenvalue weighted by Crippen LogP contribution is -2.63. The first-order chi connectivity index (χ1) is 10.3. The minimum absolute atomic E-state index is 0.283. The van der Waals surface area contributed by atoms with Crippen molar-refractivity contribution in [1.29, 1.82) is 0 Å². The highest BCUT2D eigenvalue weighted by molar-refractivity contribution is 5.77. The van der Waals surface area contributed by atoms with E-state index in [2.05, 4.69) is 46.3 Å². The first-order valence-electron chi connectivity index (χ1n) is 8.03. The number of furan rings is 1. The Kier molecular flexibility index (Phi) is 3.45. The van der Waals surface area contributed by atoms with Crippen LogP contribution in [-0.4, -0.2) is 55.1 Å². The van der Waals surface area contributed by atoms with Crippen LogP contribution >= 0.6 is 0 Å². The Balaban J connectivity index is 1.67. The Labute approximate surface area is 125 Å². The van der Waals surface area contributed by atoms with Gasteiger partial charge in [-0.1, -0.05) is 25.1 Å². The van der Waals surface area contributed by atoms with Gasteiger partial charge in [0.15, 0.2) is 0 Å². The number of nitrogens with one attached hydrogen (secondary N) is 1. The molecular weight excluding hydrogens is 262 g/mol. The van der Waals surface area contributed by atoms with E-state index >= 15 is 0 Å². The average Bonchev–Trinajstić information content (AvgIpc) is 2.97. The first kappa shape index (κ1) is 13.3. The van der Waals surface area contributed by atoms with Crippen LogP contribution in [0.3, 0.4) is 0 Å². The molecule has 3 aliphatic heterocycles. The van der Waals surface area contributed by atoms with Crippen LogP contribution < -0.4 is 5.32 Å². The summed E-state index contributed by atoms with van der Waals surface area (Å²) < 4.78 is 6.14. The molecule has 0 saturated carbocycles. The van der Waals surface area contributed by atoms with Crippen LogP contribution in [0.2, 0.25) is 0 Å². The maximum atomic E-state index is 6.14. The van der Waals surface area contributed by atoms with E-state index in [-0.39, 0.29) is 6.04 Å². The van der Waals surface area contributed by atoms with Crippen molar-refractivity contribution in [3.8, 4) is 0 Å². The van der Waals surface area contributed by atoms with E-state index in [9.17, 15) is 0 Å². The topological polar surface area (TPSA) is 31.7 Å². The zero-order valence-electron chi connectivity index (χ0n) is 12.6. The molecule has 1 N–H and O–H groups in total. The molecule has 112 valence electrons. The number of fused-ring (bicyclic) bond motifs is 4. The molecule has 3 aliphatic rings. The van der Waals surface area contributed by atoms with Gasteiger partial charge in [-0.15, -0.1) is 0 Å². The largest absolute Gasteiger partial charge is 0.459 e. The number of hydrogen-bond acceptors (Lipinski definition) is 4. The van der Waals surface area contributed by atoms with Gasteiger partial charge in [-0.05, 0) is 18.7 Å². The molecule has 2 bridgehead atoms. The maximum Gasteiger partial charge on any atom is 0.134 e. The van der Waals surface area contributed by atoms with Crippen molar-refractivity contribution in [3.05, 3.63) is 36.1 Å². The molecule has 5 rings (SSSR count). The highest BCUT2D eigenvalue weighted by atomic mass is 16.3. The van der Waals surface area contributed by atoms with Gasteiger partial charge in [-0.2, -0.15) is 0 Å². The molecule has 0 spiro atoms. The van der Waals surface area contributed by atoms with Gasteiger partial charge in [-0.25, -0.2) is 0 Å². The quantitative estimate of drug-likeness (QED) is 0.932. The zero-order chi connectivity index (χ0) is 14.2. The van der Waals surface area contributed by atoms with Crippen molar-refractivity contribution < 1.29 is 4.42 Å². The molecule has 0 radical (unpaired) electrons. The van der Waals surface area contributed by atoms with Crippen molar-refractivity contribution in [3.63, 3.8) is 0 Å². The summed E-state index contributed by atoms with van der Waals surface area (Å²) in [7, 11) is 0. The molecule has 2 aromatic rings. The molecule has 4 heterocycles. The van der Waals surface area contributed by atoms with E-state index < -0.39 is 0 Å². The number of para-hydroxylation sites is 1. The van der Waals surface area contributed by atoms with Crippen LogP contribution in [0.4, 0.5) is 0 Å². The number of hydrogen-bond donors (Lipinski definition) is 1. The van der Waals surface area contributed by atoms with Gasteiger partial charge in [0.2, 0.25) is 0 Å². The third-order valence-electron chi connectivity index (χ3n) is 4.88. The number of piperazine rings is 3. The summed E-state index contributed by atoms with van der Waals surface area (Å²) in [5, 5.41) is 4.85. The van der Waals surface area contributed by atoms with Crippen LogP contribution in [0.25, 0.3) is 11.0 Å². The minimum Gasteiger partial charge on any atom is -0.459 e. The second-order valence-electron chi connectivity index (χ2n) is 6.13. The number of benzene rings is 1. The third-order valence-corrected chi connectivity index (χ3v) is 4.88. The van der Waals surface area contributed by atoms with Crippen molar-refractivity contribution >= 4 is 11.0 Å². The Bertz CT molecular complexity index is 582. The van der Waals surface area contributed by atoms with E-state index in [1.807, 2.05) is 6.07 Å². The van der Waals surface area contributed by atoms with E-state index in [0.29, 0.717) is 6.04 Å². The lowest BCUT2D eigenvalue weighted by atomic mass is 9.98. The van der Waals surface area contributed by atoms with Gasteiger partial charge in [0, 0.05) is 44.2 Å².